The summed E-state index contributed by atoms with van der Waals surface area (Å²) in [6.07, 6.45) is 11.2. The predicted octanol–water partition coefficient (Wildman–Crippen LogP) is 6.18. The molecular formula is C29H24FN7O2. The molecule has 5 aromatic heterocycles. The third kappa shape index (κ3) is 4.43. The van der Waals surface area contributed by atoms with Crippen LogP contribution < -0.4 is 4.74 Å². The van der Waals surface area contributed by atoms with Crippen molar-refractivity contribution in [2.45, 2.75) is 38.2 Å². The summed E-state index contributed by atoms with van der Waals surface area (Å²) in [5.41, 5.74) is 5.69. The van der Waals surface area contributed by atoms with Crippen LogP contribution in [0.5, 0.6) is 11.5 Å². The van der Waals surface area contributed by atoms with E-state index >= 15 is 0 Å². The van der Waals surface area contributed by atoms with Crippen LogP contribution in [0.1, 0.15) is 32.1 Å². The molecule has 194 valence electrons. The monoisotopic (exact) mass is 521 g/mol. The fourth-order valence-electron chi connectivity index (χ4n) is 5.22. The number of imidazole rings is 1. The lowest BCUT2D eigenvalue weighted by Crippen LogP contribution is -2.19. The van der Waals surface area contributed by atoms with E-state index in [9.17, 15) is 9.50 Å². The van der Waals surface area contributed by atoms with Gasteiger partial charge in [0.05, 0.1) is 29.0 Å². The minimum absolute atomic E-state index is 0.160. The number of hydrogen-bond donors (Lipinski definition) is 3. The minimum Gasteiger partial charge on any atom is -0.508 e. The van der Waals surface area contributed by atoms with Gasteiger partial charge < -0.3 is 14.8 Å². The Kier molecular flexibility index (Phi) is 5.65. The number of aromatic nitrogens is 7. The van der Waals surface area contributed by atoms with E-state index in [0.717, 1.165) is 41.4 Å². The van der Waals surface area contributed by atoms with Crippen molar-refractivity contribution < 1.29 is 14.2 Å². The van der Waals surface area contributed by atoms with E-state index in [1.54, 1.807) is 24.7 Å². The van der Waals surface area contributed by atoms with Gasteiger partial charge in [0.15, 0.2) is 17.2 Å². The van der Waals surface area contributed by atoms with Gasteiger partial charge in [-0.3, -0.25) is 10.1 Å². The first kappa shape index (κ1) is 23.3. The van der Waals surface area contributed by atoms with Crippen molar-refractivity contribution in [3.05, 3.63) is 66.9 Å². The quantitative estimate of drug-likeness (QED) is 0.247. The third-order valence-electron chi connectivity index (χ3n) is 7.08. The van der Waals surface area contributed by atoms with Crippen molar-refractivity contribution in [3.8, 4) is 45.4 Å². The largest absolute Gasteiger partial charge is 0.508 e. The summed E-state index contributed by atoms with van der Waals surface area (Å²) in [6, 6.07) is 11.5. The zero-order valence-electron chi connectivity index (χ0n) is 20.9. The molecule has 3 N–H and O–H groups in total. The molecule has 1 aliphatic rings. The predicted molar refractivity (Wildman–Crippen MR) is 145 cm³/mol. The van der Waals surface area contributed by atoms with Crippen LogP contribution in [0.15, 0.2) is 61.1 Å². The number of pyridine rings is 3. The number of benzene rings is 1. The summed E-state index contributed by atoms with van der Waals surface area (Å²) >= 11 is 0. The molecule has 39 heavy (non-hydrogen) atoms. The number of ether oxygens (including phenoxy) is 1. The van der Waals surface area contributed by atoms with Crippen molar-refractivity contribution in [2.24, 2.45) is 0 Å². The van der Waals surface area contributed by atoms with Crippen molar-refractivity contribution >= 4 is 22.2 Å². The van der Waals surface area contributed by atoms with E-state index in [4.69, 9.17) is 9.72 Å². The first-order chi connectivity index (χ1) is 19.1. The summed E-state index contributed by atoms with van der Waals surface area (Å²) in [4.78, 5) is 21.6. The maximum Gasteiger partial charge on any atom is 0.178 e. The van der Waals surface area contributed by atoms with Crippen LogP contribution in [-0.2, 0) is 0 Å². The summed E-state index contributed by atoms with van der Waals surface area (Å²) in [5.74, 6) is 0.516. The third-order valence-corrected chi connectivity index (χ3v) is 7.08. The number of aromatic amines is 2. The van der Waals surface area contributed by atoms with Crippen LogP contribution >= 0.6 is 0 Å². The fraction of sp³-hybridized carbons (Fsp3) is 0.207. The lowest BCUT2D eigenvalue weighted by atomic mass is 9.98. The lowest BCUT2D eigenvalue weighted by Gasteiger charge is -2.22. The van der Waals surface area contributed by atoms with E-state index in [-0.39, 0.29) is 11.9 Å². The van der Waals surface area contributed by atoms with E-state index in [2.05, 4.69) is 30.1 Å². The van der Waals surface area contributed by atoms with E-state index in [1.807, 2.05) is 18.2 Å². The smallest absolute Gasteiger partial charge is 0.178 e. The van der Waals surface area contributed by atoms with Gasteiger partial charge in [-0.2, -0.15) is 5.10 Å². The highest BCUT2D eigenvalue weighted by molar-refractivity contribution is 5.95. The molecule has 1 saturated carbocycles. The second-order valence-corrected chi connectivity index (χ2v) is 9.79. The Morgan fingerprint density at radius 1 is 0.949 bits per heavy atom. The number of H-pyrrole nitrogens is 2. The lowest BCUT2D eigenvalue weighted by molar-refractivity contribution is 0.154. The number of fused-ring (bicyclic) bond motifs is 2. The van der Waals surface area contributed by atoms with E-state index in [0.29, 0.717) is 39.3 Å². The molecule has 1 fully saturated rings. The second kappa shape index (κ2) is 9.46. The van der Waals surface area contributed by atoms with Crippen LogP contribution in [0.2, 0.25) is 0 Å². The van der Waals surface area contributed by atoms with Gasteiger partial charge in [0.25, 0.3) is 0 Å². The van der Waals surface area contributed by atoms with Gasteiger partial charge in [-0.05, 0) is 67.6 Å². The molecule has 0 atom stereocenters. The molecule has 0 radical (unpaired) electrons. The van der Waals surface area contributed by atoms with Crippen molar-refractivity contribution in [1.82, 2.24) is 35.1 Å². The molecule has 0 amide bonds. The highest BCUT2D eigenvalue weighted by atomic mass is 19.1. The Labute approximate surface area is 222 Å². The van der Waals surface area contributed by atoms with Gasteiger partial charge in [-0.1, -0.05) is 6.42 Å². The number of aromatic hydroxyl groups is 1. The molecule has 1 aromatic carbocycles. The maximum absolute atomic E-state index is 14.0. The summed E-state index contributed by atoms with van der Waals surface area (Å²) < 4.78 is 20.2. The van der Waals surface area contributed by atoms with Gasteiger partial charge in [-0.25, -0.2) is 19.3 Å². The number of nitrogens with one attached hydrogen (secondary N) is 2. The Morgan fingerprint density at radius 2 is 1.85 bits per heavy atom. The molecule has 0 bridgehead atoms. The summed E-state index contributed by atoms with van der Waals surface area (Å²) in [7, 11) is 0. The molecule has 9 nitrogen and oxygen atoms in total. The molecule has 0 unspecified atom stereocenters. The number of phenols is 1. The molecular weight excluding hydrogens is 497 g/mol. The normalized spacial score (nSPS) is 14.3. The molecule has 0 saturated heterocycles. The van der Waals surface area contributed by atoms with Gasteiger partial charge in [0.1, 0.15) is 22.8 Å². The van der Waals surface area contributed by atoms with Crippen LogP contribution in [0.25, 0.3) is 56.1 Å². The highest BCUT2D eigenvalue weighted by Gasteiger charge is 2.19. The first-order valence-electron chi connectivity index (χ1n) is 12.9. The number of phenolic OH excluding ortho intramolecular Hbond substituents is 1. The first-order valence-corrected chi connectivity index (χ1v) is 12.9. The Morgan fingerprint density at radius 3 is 2.72 bits per heavy atom. The van der Waals surface area contributed by atoms with Crippen molar-refractivity contribution in [1.29, 1.82) is 0 Å². The van der Waals surface area contributed by atoms with Gasteiger partial charge in [0, 0.05) is 29.6 Å². The topological polar surface area (TPSA) is 125 Å². The van der Waals surface area contributed by atoms with E-state index < -0.39 is 5.82 Å². The Balaban J connectivity index is 1.26. The molecule has 6 aromatic rings. The molecule has 0 spiro atoms. The van der Waals surface area contributed by atoms with Gasteiger partial charge in [-0.15, -0.1) is 0 Å². The number of halogens is 1. The molecule has 1 aliphatic carbocycles. The number of rotatable bonds is 5. The number of hydrogen-bond acceptors (Lipinski definition) is 7. The standard InChI is InChI=1S/C29H24FN7O2/c30-18-10-16(11-19(38)13-18)22-8-9-32-28-25(22)34-29(35-28)27-26-24(36-37-27)7-6-23(33-26)17-12-21(15-31-14-17)39-20-4-2-1-3-5-20/h6-15,20,38H,1-5H2,(H,36,37)(H,32,34,35). The highest BCUT2D eigenvalue weighted by Crippen LogP contribution is 2.33. The SMILES string of the molecule is Oc1cc(F)cc(-c2ccnc3nc(-c4n[nH]c5ccc(-c6cncc(OC7CCCCC7)c6)nc45)[nH]c23)c1. The van der Waals surface area contributed by atoms with Crippen LogP contribution in [-0.4, -0.2) is 46.3 Å². The zero-order chi connectivity index (χ0) is 26.3. The summed E-state index contributed by atoms with van der Waals surface area (Å²) in [5, 5.41) is 17.4. The number of nitrogens with zero attached hydrogens (tertiary/aromatic N) is 5. The van der Waals surface area contributed by atoms with E-state index in [1.165, 1.54) is 31.4 Å². The Hall–Kier alpha value is -4.86. The van der Waals surface area contributed by atoms with Crippen LogP contribution in [0.3, 0.4) is 0 Å². The van der Waals surface area contributed by atoms with Crippen LogP contribution in [0.4, 0.5) is 4.39 Å². The minimum atomic E-state index is -0.535. The van der Waals surface area contributed by atoms with Gasteiger partial charge >= 0.3 is 0 Å². The maximum atomic E-state index is 14.0. The Bertz CT molecular complexity index is 1800. The summed E-state index contributed by atoms with van der Waals surface area (Å²) in [6.45, 7) is 0. The average Bonchev–Trinajstić information content (AvgIpc) is 3.57. The zero-order valence-corrected chi connectivity index (χ0v) is 20.9. The fourth-order valence-corrected chi connectivity index (χ4v) is 5.22. The molecule has 10 heteroatoms. The van der Waals surface area contributed by atoms with Gasteiger partial charge in [0.2, 0.25) is 0 Å². The van der Waals surface area contributed by atoms with Crippen molar-refractivity contribution in [2.75, 3.05) is 0 Å². The molecule has 0 aliphatic heterocycles. The van der Waals surface area contributed by atoms with Crippen molar-refractivity contribution in [3.63, 3.8) is 0 Å². The molecule has 5 heterocycles. The molecule has 7 rings (SSSR count). The second-order valence-electron chi connectivity index (χ2n) is 9.79. The van der Waals surface area contributed by atoms with Crippen LogP contribution in [0, 0.1) is 5.82 Å². The average molecular weight is 522 g/mol.